The number of pyridine rings is 1. The molecular formula is C31H38F6N6O4Si. The molecular weight excluding hydrogens is 662 g/mol. The maximum atomic E-state index is 14.0. The molecule has 0 bridgehead atoms. The van der Waals surface area contributed by atoms with Crippen LogP contribution in [0.2, 0.25) is 25.7 Å². The second kappa shape index (κ2) is 14.6. The van der Waals surface area contributed by atoms with Crippen LogP contribution in [0.4, 0.5) is 37.7 Å². The number of aromatic nitrogens is 3. The van der Waals surface area contributed by atoms with Crippen molar-refractivity contribution in [2.75, 3.05) is 43.0 Å². The second-order valence-corrected chi connectivity index (χ2v) is 18.5. The average Bonchev–Trinajstić information content (AvgIpc) is 2.99. The lowest BCUT2D eigenvalue weighted by Crippen LogP contribution is -2.49. The normalized spacial score (nSPS) is 15.0. The van der Waals surface area contributed by atoms with Gasteiger partial charge in [0.05, 0.1) is 17.4 Å². The van der Waals surface area contributed by atoms with E-state index in [4.69, 9.17) is 4.74 Å². The number of anilines is 2. The van der Waals surface area contributed by atoms with Gasteiger partial charge in [0.2, 0.25) is 0 Å². The third-order valence-corrected chi connectivity index (χ3v) is 9.48. The molecule has 1 amide bonds. The molecule has 0 unspecified atom stereocenters. The maximum Gasteiger partial charge on any atom is 0.423 e. The van der Waals surface area contributed by atoms with Crippen molar-refractivity contribution >= 4 is 25.4 Å². The summed E-state index contributed by atoms with van der Waals surface area (Å²) in [7, 11) is -1.44. The first-order valence-corrected chi connectivity index (χ1v) is 19.0. The smallest absolute Gasteiger partial charge is 0.379 e. The Hall–Kier alpha value is -4.12. The molecule has 1 N–H and O–H groups in total. The van der Waals surface area contributed by atoms with E-state index in [-0.39, 0.29) is 25.2 Å². The highest BCUT2D eigenvalue weighted by Gasteiger charge is 2.38. The summed E-state index contributed by atoms with van der Waals surface area (Å²) in [5, 5.41) is 6.49. The van der Waals surface area contributed by atoms with Crippen LogP contribution >= 0.6 is 0 Å². The van der Waals surface area contributed by atoms with Gasteiger partial charge in [0, 0.05) is 77.0 Å². The molecule has 3 heterocycles. The molecule has 3 aromatic rings. The number of alkyl halides is 6. The lowest BCUT2D eigenvalue weighted by atomic mass is 10.1. The van der Waals surface area contributed by atoms with Gasteiger partial charge >= 0.3 is 12.4 Å². The first kappa shape index (κ1) is 36.7. The summed E-state index contributed by atoms with van der Waals surface area (Å²) in [5.41, 5.74) is -3.90. The Balaban J connectivity index is 1.37. The number of carbonyl (C=O) groups excluding carboxylic acids is 1. The van der Waals surface area contributed by atoms with Crippen LogP contribution in [0, 0.1) is 0 Å². The van der Waals surface area contributed by atoms with E-state index in [0.29, 0.717) is 30.1 Å². The number of nitrogens with zero attached hydrogens (tertiary/aromatic N) is 5. The van der Waals surface area contributed by atoms with Gasteiger partial charge in [-0.25, -0.2) is 4.68 Å². The summed E-state index contributed by atoms with van der Waals surface area (Å²) in [6.45, 7) is 9.00. The fourth-order valence-corrected chi connectivity index (χ4v) is 5.86. The number of carbonyl (C=O) groups is 1. The largest absolute Gasteiger partial charge is 0.423 e. The van der Waals surface area contributed by atoms with Crippen LogP contribution in [0.15, 0.2) is 58.4 Å². The Kier molecular flexibility index (Phi) is 11.1. The number of benzene rings is 1. The Labute approximate surface area is 273 Å². The summed E-state index contributed by atoms with van der Waals surface area (Å²) in [6.07, 6.45) is -7.14. The molecule has 1 fully saturated rings. The van der Waals surface area contributed by atoms with Crippen molar-refractivity contribution in [2.24, 2.45) is 0 Å². The monoisotopic (exact) mass is 700 g/mol. The van der Waals surface area contributed by atoms with Gasteiger partial charge in [-0.3, -0.25) is 14.4 Å². The summed E-state index contributed by atoms with van der Waals surface area (Å²) in [6, 6.07) is 7.38. The predicted octanol–water partition coefficient (Wildman–Crippen LogP) is 5.22. The average molecular weight is 701 g/mol. The van der Waals surface area contributed by atoms with Crippen LogP contribution < -0.4 is 21.3 Å². The number of amides is 1. The van der Waals surface area contributed by atoms with Crippen molar-refractivity contribution in [3.63, 3.8) is 0 Å². The molecule has 0 saturated carbocycles. The fourth-order valence-electron chi connectivity index (χ4n) is 5.10. The quantitative estimate of drug-likeness (QED) is 0.166. The molecule has 262 valence electrons. The molecule has 17 heteroatoms. The van der Waals surface area contributed by atoms with Crippen LogP contribution in [0.25, 0.3) is 0 Å². The molecule has 0 aliphatic carbocycles. The van der Waals surface area contributed by atoms with E-state index >= 15 is 0 Å². The summed E-state index contributed by atoms with van der Waals surface area (Å²) in [4.78, 5) is 42.1. The number of hydrogen-bond acceptors (Lipinski definition) is 7. The van der Waals surface area contributed by atoms with E-state index in [9.17, 15) is 40.7 Å². The van der Waals surface area contributed by atoms with Gasteiger partial charge < -0.3 is 24.4 Å². The lowest BCUT2D eigenvalue weighted by Gasteiger charge is -2.36. The number of rotatable bonds is 11. The zero-order valence-corrected chi connectivity index (χ0v) is 28.0. The molecule has 1 aliphatic rings. The van der Waals surface area contributed by atoms with Crippen LogP contribution in [0.3, 0.4) is 0 Å². The van der Waals surface area contributed by atoms with Gasteiger partial charge in [-0.15, -0.1) is 0 Å². The lowest BCUT2D eigenvalue weighted by molar-refractivity contribution is -0.139. The second-order valence-electron chi connectivity index (χ2n) is 12.9. The molecule has 1 aromatic carbocycles. The predicted molar refractivity (Wildman–Crippen MR) is 171 cm³/mol. The SMILES string of the molecule is C[C@@H](Cn1ccc(C(=O)N2CCN(c3ccc(C(F)(F)F)cc3)CC2)cc1=O)Nc1cnn(COCC[Si](C)(C)C)c(=O)c1C(F)(F)F. The van der Waals surface area contributed by atoms with Crippen molar-refractivity contribution in [1.29, 1.82) is 0 Å². The van der Waals surface area contributed by atoms with Gasteiger partial charge in [-0.1, -0.05) is 19.6 Å². The Morgan fingerprint density at radius 1 is 0.979 bits per heavy atom. The van der Waals surface area contributed by atoms with Gasteiger partial charge in [-0.2, -0.15) is 31.4 Å². The molecule has 2 aromatic heterocycles. The number of nitrogens with one attached hydrogen (secondary N) is 1. The highest BCUT2D eigenvalue weighted by molar-refractivity contribution is 6.76. The fraction of sp³-hybridized carbons (Fsp3) is 0.484. The number of hydrogen-bond donors (Lipinski definition) is 1. The molecule has 1 atom stereocenters. The van der Waals surface area contributed by atoms with Crippen molar-refractivity contribution in [3.8, 4) is 0 Å². The molecule has 1 aliphatic heterocycles. The summed E-state index contributed by atoms with van der Waals surface area (Å²) >= 11 is 0. The van der Waals surface area contributed by atoms with Crippen LogP contribution in [0.1, 0.15) is 28.4 Å². The van der Waals surface area contributed by atoms with Gasteiger partial charge in [0.25, 0.3) is 17.0 Å². The van der Waals surface area contributed by atoms with Gasteiger partial charge in [-0.05, 0) is 43.3 Å². The number of ether oxygens (including phenoxy) is 1. The topological polar surface area (TPSA) is 102 Å². The first-order valence-electron chi connectivity index (χ1n) is 15.3. The van der Waals surface area contributed by atoms with Crippen LogP contribution in [-0.4, -0.2) is 72.1 Å². The Morgan fingerprint density at radius 3 is 2.19 bits per heavy atom. The third-order valence-electron chi connectivity index (χ3n) is 7.78. The summed E-state index contributed by atoms with van der Waals surface area (Å²) in [5.74, 6) is -0.400. The van der Waals surface area contributed by atoms with Crippen molar-refractivity contribution in [1.82, 2.24) is 19.2 Å². The zero-order valence-electron chi connectivity index (χ0n) is 27.0. The Bertz CT molecular complexity index is 1690. The van der Waals surface area contributed by atoms with Crippen LogP contribution in [0.5, 0.6) is 0 Å². The molecule has 4 rings (SSSR count). The van der Waals surface area contributed by atoms with E-state index in [1.54, 1.807) is 0 Å². The first-order chi connectivity index (χ1) is 22.3. The van der Waals surface area contributed by atoms with Crippen molar-refractivity contribution in [2.45, 2.75) is 64.3 Å². The van der Waals surface area contributed by atoms with Gasteiger partial charge in [0.1, 0.15) is 12.3 Å². The van der Waals surface area contributed by atoms with E-state index in [1.807, 2.05) is 4.90 Å². The van der Waals surface area contributed by atoms with Crippen molar-refractivity contribution in [3.05, 3.63) is 86.2 Å². The minimum atomic E-state index is -4.98. The van der Waals surface area contributed by atoms with E-state index in [2.05, 4.69) is 30.1 Å². The molecule has 1 saturated heterocycles. The molecule has 0 spiro atoms. The van der Waals surface area contributed by atoms with E-state index in [1.165, 1.54) is 40.8 Å². The highest BCUT2D eigenvalue weighted by atomic mass is 28.3. The minimum Gasteiger partial charge on any atom is -0.379 e. The Morgan fingerprint density at radius 2 is 1.62 bits per heavy atom. The summed E-state index contributed by atoms with van der Waals surface area (Å²) < 4.78 is 87.8. The van der Waals surface area contributed by atoms with Gasteiger partial charge in [0.15, 0.2) is 0 Å². The molecule has 48 heavy (non-hydrogen) atoms. The zero-order chi connectivity index (χ0) is 35.4. The molecule has 0 radical (unpaired) electrons. The third kappa shape index (κ3) is 9.49. The van der Waals surface area contributed by atoms with E-state index in [0.717, 1.165) is 30.4 Å². The van der Waals surface area contributed by atoms with E-state index < -0.39 is 67.0 Å². The minimum absolute atomic E-state index is 0.0840. The molecule has 10 nitrogen and oxygen atoms in total. The number of halogens is 6. The highest BCUT2D eigenvalue weighted by Crippen LogP contribution is 2.32. The standard InChI is InChI=1S/C31H38F6N6O4Si/c1-21(39-25-18-38-43(20-47-15-16-48(2,3)4)29(46)27(25)31(35,36)37)19-42-10-9-22(17-26(42)44)28(45)41-13-11-40(12-14-41)24-7-5-23(6-8-24)30(32,33)34/h5-10,17-18,21,39H,11-16,19-20H2,1-4H3/t21-/m0/s1. The number of piperazine rings is 1. The maximum absolute atomic E-state index is 14.0. The van der Waals surface area contributed by atoms with Crippen molar-refractivity contribution < 1.29 is 35.9 Å². The van der Waals surface area contributed by atoms with Crippen LogP contribution in [-0.2, 0) is 30.4 Å².